The molecule has 0 radical (unpaired) electrons. The Bertz CT molecular complexity index is 1180. The molecule has 7 heteroatoms. The summed E-state index contributed by atoms with van der Waals surface area (Å²) in [5.74, 6) is -0.181. The SMILES string of the molecule is CCN(CC)c1ccc(C2N(C(=O)c3ccccc3)CCN2S(=O)(=O)c2ccccc2)cc1. The van der Waals surface area contributed by atoms with Crippen LogP contribution in [0.4, 0.5) is 5.69 Å². The Morgan fingerprint density at radius 2 is 1.42 bits per heavy atom. The number of anilines is 1. The molecular formula is C26H29N3O3S. The monoisotopic (exact) mass is 463 g/mol. The highest BCUT2D eigenvalue weighted by Gasteiger charge is 2.43. The van der Waals surface area contributed by atoms with Gasteiger partial charge in [-0.05, 0) is 55.8 Å². The van der Waals surface area contributed by atoms with Gasteiger partial charge >= 0.3 is 0 Å². The molecule has 1 aliphatic heterocycles. The van der Waals surface area contributed by atoms with Gasteiger partial charge in [-0.25, -0.2) is 8.42 Å². The van der Waals surface area contributed by atoms with E-state index in [1.54, 1.807) is 47.4 Å². The molecule has 1 fully saturated rings. The van der Waals surface area contributed by atoms with Crippen LogP contribution in [0.3, 0.4) is 0 Å². The van der Waals surface area contributed by atoms with E-state index in [1.807, 2.05) is 42.5 Å². The summed E-state index contributed by atoms with van der Waals surface area (Å²) in [6.45, 7) is 6.52. The molecule has 1 saturated heterocycles. The zero-order valence-electron chi connectivity index (χ0n) is 19.0. The molecular weight excluding hydrogens is 434 g/mol. The molecule has 0 spiro atoms. The first-order chi connectivity index (χ1) is 16.0. The first-order valence-corrected chi connectivity index (χ1v) is 12.7. The van der Waals surface area contributed by atoms with Gasteiger partial charge in [0.1, 0.15) is 6.17 Å². The Kier molecular flexibility index (Phi) is 6.81. The van der Waals surface area contributed by atoms with Crippen molar-refractivity contribution in [2.75, 3.05) is 31.1 Å². The zero-order chi connectivity index (χ0) is 23.4. The minimum atomic E-state index is -3.79. The number of carbonyl (C=O) groups excluding carboxylic acids is 1. The Balaban J connectivity index is 1.75. The number of sulfonamides is 1. The van der Waals surface area contributed by atoms with Crippen LogP contribution in [0.2, 0.25) is 0 Å². The first kappa shape index (κ1) is 23.0. The maximum atomic E-state index is 13.6. The van der Waals surface area contributed by atoms with Crippen LogP contribution in [0.5, 0.6) is 0 Å². The largest absolute Gasteiger partial charge is 0.372 e. The van der Waals surface area contributed by atoms with Gasteiger partial charge in [-0.1, -0.05) is 48.5 Å². The predicted molar refractivity (Wildman–Crippen MR) is 131 cm³/mol. The van der Waals surface area contributed by atoms with Crippen molar-refractivity contribution in [3.05, 3.63) is 96.1 Å². The van der Waals surface area contributed by atoms with Gasteiger partial charge in [0, 0.05) is 37.4 Å². The maximum Gasteiger partial charge on any atom is 0.255 e. The molecule has 6 nitrogen and oxygen atoms in total. The quantitative estimate of drug-likeness (QED) is 0.522. The Morgan fingerprint density at radius 3 is 2.00 bits per heavy atom. The average molecular weight is 464 g/mol. The Hall–Kier alpha value is -3.16. The summed E-state index contributed by atoms with van der Waals surface area (Å²) in [4.78, 5) is 17.5. The Labute approximate surface area is 196 Å². The van der Waals surface area contributed by atoms with Crippen molar-refractivity contribution in [2.45, 2.75) is 24.9 Å². The van der Waals surface area contributed by atoms with E-state index in [-0.39, 0.29) is 17.3 Å². The summed E-state index contributed by atoms with van der Waals surface area (Å²) in [7, 11) is -3.79. The second-order valence-corrected chi connectivity index (χ2v) is 9.82. The normalized spacial score (nSPS) is 16.7. The van der Waals surface area contributed by atoms with Crippen LogP contribution >= 0.6 is 0 Å². The van der Waals surface area contributed by atoms with Crippen LogP contribution in [0.1, 0.15) is 35.9 Å². The first-order valence-electron chi connectivity index (χ1n) is 11.2. The van der Waals surface area contributed by atoms with E-state index in [2.05, 4.69) is 18.7 Å². The molecule has 1 amide bonds. The van der Waals surface area contributed by atoms with Crippen LogP contribution in [0.25, 0.3) is 0 Å². The number of rotatable bonds is 7. The number of carbonyl (C=O) groups is 1. The van der Waals surface area contributed by atoms with Crippen molar-refractivity contribution in [2.24, 2.45) is 0 Å². The van der Waals surface area contributed by atoms with Gasteiger partial charge < -0.3 is 9.80 Å². The third-order valence-electron chi connectivity index (χ3n) is 6.08. The van der Waals surface area contributed by atoms with Gasteiger partial charge in [0.2, 0.25) is 10.0 Å². The molecule has 1 aliphatic rings. The fraction of sp³-hybridized carbons (Fsp3) is 0.269. The predicted octanol–water partition coefficient (Wildman–Crippen LogP) is 4.38. The molecule has 3 aromatic carbocycles. The van der Waals surface area contributed by atoms with Crippen molar-refractivity contribution < 1.29 is 13.2 Å². The summed E-state index contributed by atoms with van der Waals surface area (Å²) in [5, 5.41) is 0. The fourth-order valence-corrected chi connectivity index (χ4v) is 5.93. The molecule has 4 rings (SSSR count). The third-order valence-corrected chi connectivity index (χ3v) is 7.95. The standard InChI is InChI=1S/C26H29N3O3S/c1-3-27(4-2)23-17-15-21(16-18-23)25-28(26(30)22-11-7-5-8-12-22)19-20-29(25)33(31,32)24-13-9-6-10-14-24/h5-18,25H,3-4,19-20H2,1-2H3. The fourth-order valence-electron chi connectivity index (χ4n) is 4.34. The van der Waals surface area contributed by atoms with Gasteiger partial charge in [-0.15, -0.1) is 0 Å². The molecule has 1 unspecified atom stereocenters. The van der Waals surface area contributed by atoms with Crippen LogP contribution in [0.15, 0.2) is 89.8 Å². The second-order valence-electron chi connectivity index (χ2n) is 7.93. The van der Waals surface area contributed by atoms with Gasteiger partial charge in [0.15, 0.2) is 0 Å². The number of hydrogen-bond acceptors (Lipinski definition) is 4. The molecule has 0 N–H and O–H groups in total. The Morgan fingerprint density at radius 1 is 0.848 bits per heavy atom. The summed E-state index contributed by atoms with van der Waals surface area (Å²) >= 11 is 0. The smallest absolute Gasteiger partial charge is 0.255 e. The topological polar surface area (TPSA) is 60.9 Å². The molecule has 172 valence electrons. The van der Waals surface area contributed by atoms with E-state index in [0.29, 0.717) is 12.1 Å². The molecule has 1 atom stereocenters. The lowest BCUT2D eigenvalue weighted by atomic mass is 10.1. The van der Waals surface area contributed by atoms with Gasteiger partial charge in [-0.3, -0.25) is 4.79 Å². The highest BCUT2D eigenvalue weighted by atomic mass is 32.2. The average Bonchev–Trinajstić information content (AvgIpc) is 3.32. The lowest BCUT2D eigenvalue weighted by Crippen LogP contribution is -2.38. The molecule has 1 heterocycles. The van der Waals surface area contributed by atoms with Crippen molar-refractivity contribution >= 4 is 21.6 Å². The van der Waals surface area contributed by atoms with E-state index in [4.69, 9.17) is 0 Å². The van der Waals surface area contributed by atoms with E-state index in [1.165, 1.54) is 4.31 Å². The van der Waals surface area contributed by atoms with Crippen LogP contribution < -0.4 is 4.90 Å². The van der Waals surface area contributed by atoms with Crippen molar-refractivity contribution in [1.82, 2.24) is 9.21 Å². The highest BCUT2D eigenvalue weighted by Crippen LogP contribution is 2.36. The second kappa shape index (κ2) is 9.77. The van der Waals surface area contributed by atoms with Crippen LogP contribution in [-0.2, 0) is 10.0 Å². The summed E-state index contributed by atoms with van der Waals surface area (Å²) < 4.78 is 28.6. The van der Waals surface area contributed by atoms with Crippen molar-refractivity contribution in [3.8, 4) is 0 Å². The zero-order valence-corrected chi connectivity index (χ0v) is 19.8. The lowest BCUT2D eigenvalue weighted by Gasteiger charge is -2.31. The number of nitrogens with zero attached hydrogens (tertiary/aromatic N) is 3. The third kappa shape index (κ3) is 4.51. The van der Waals surface area contributed by atoms with Crippen molar-refractivity contribution in [3.63, 3.8) is 0 Å². The minimum absolute atomic E-state index is 0.181. The molecule has 3 aromatic rings. The molecule has 0 aliphatic carbocycles. The lowest BCUT2D eigenvalue weighted by molar-refractivity contribution is 0.0693. The highest BCUT2D eigenvalue weighted by molar-refractivity contribution is 7.89. The van der Waals surface area contributed by atoms with Gasteiger partial charge in [0.25, 0.3) is 5.91 Å². The molecule has 0 saturated carbocycles. The maximum absolute atomic E-state index is 13.6. The number of benzene rings is 3. The molecule has 33 heavy (non-hydrogen) atoms. The van der Waals surface area contributed by atoms with Crippen LogP contribution in [0, 0.1) is 0 Å². The molecule has 0 aromatic heterocycles. The van der Waals surface area contributed by atoms with Gasteiger partial charge in [0.05, 0.1) is 4.90 Å². The summed E-state index contributed by atoms with van der Waals surface area (Å²) in [6, 6.07) is 25.3. The minimum Gasteiger partial charge on any atom is -0.372 e. The summed E-state index contributed by atoms with van der Waals surface area (Å²) in [5.41, 5.74) is 2.38. The van der Waals surface area contributed by atoms with Gasteiger partial charge in [-0.2, -0.15) is 4.31 Å². The van der Waals surface area contributed by atoms with Crippen LogP contribution in [-0.4, -0.2) is 49.7 Å². The van der Waals surface area contributed by atoms with E-state index in [0.717, 1.165) is 24.3 Å². The van der Waals surface area contributed by atoms with E-state index >= 15 is 0 Å². The van der Waals surface area contributed by atoms with E-state index in [9.17, 15) is 13.2 Å². The molecule has 0 bridgehead atoms. The number of hydrogen-bond donors (Lipinski definition) is 0. The van der Waals surface area contributed by atoms with E-state index < -0.39 is 16.2 Å². The summed E-state index contributed by atoms with van der Waals surface area (Å²) in [6.07, 6.45) is -0.714. The van der Waals surface area contributed by atoms with Crippen molar-refractivity contribution in [1.29, 1.82) is 0 Å². The number of amides is 1.